The minimum atomic E-state index is -1.04. The van der Waals surface area contributed by atoms with Gasteiger partial charge < -0.3 is 20.4 Å². The molecule has 1 fully saturated rings. The molecule has 1 aliphatic heterocycles. The van der Waals surface area contributed by atoms with Gasteiger partial charge in [-0.25, -0.2) is 0 Å². The first-order valence-corrected chi connectivity index (χ1v) is 6.16. The van der Waals surface area contributed by atoms with E-state index in [1.54, 1.807) is 11.8 Å². The van der Waals surface area contributed by atoms with Gasteiger partial charge in [0.15, 0.2) is 0 Å². The van der Waals surface area contributed by atoms with Crippen LogP contribution in [0.25, 0.3) is 0 Å². The van der Waals surface area contributed by atoms with Gasteiger partial charge in [0, 0.05) is 19.0 Å². The summed E-state index contributed by atoms with van der Waals surface area (Å²) in [5, 5.41) is 20.8. The van der Waals surface area contributed by atoms with E-state index >= 15 is 0 Å². The van der Waals surface area contributed by atoms with Crippen molar-refractivity contribution in [3.63, 3.8) is 0 Å². The maximum atomic E-state index is 12.0. The molecule has 0 aromatic heterocycles. The average molecular weight is 258 g/mol. The second kappa shape index (κ2) is 5.67. The molecule has 0 aliphatic carbocycles. The first-order valence-electron chi connectivity index (χ1n) is 6.16. The highest BCUT2D eigenvalue weighted by molar-refractivity contribution is 5.89. The largest absolute Gasteiger partial charge is 0.394 e. The zero-order chi connectivity index (χ0) is 13.9. The first-order chi connectivity index (χ1) is 8.33. The fraction of sp³-hybridized carbons (Fsp3) is 0.833. The Balaban J connectivity index is 2.62. The van der Waals surface area contributed by atoms with Crippen LogP contribution in [0, 0.1) is 5.92 Å². The quantitative estimate of drug-likeness (QED) is 0.596. The molecule has 0 spiro atoms. The molecule has 0 radical (unpaired) electrons. The van der Waals surface area contributed by atoms with Crippen LogP contribution in [-0.4, -0.2) is 58.3 Å². The summed E-state index contributed by atoms with van der Waals surface area (Å²) in [7, 11) is 0. The van der Waals surface area contributed by atoms with Gasteiger partial charge in [-0.05, 0) is 20.8 Å². The average Bonchev–Trinajstić information content (AvgIpc) is 2.71. The van der Waals surface area contributed by atoms with Crippen molar-refractivity contribution in [2.75, 3.05) is 19.8 Å². The first kappa shape index (κ1) is 14.9. The topological polar surface area (TPSA) is 89.9 Å². The molecule has 18 heavy (non-hydrogen) atoms. The lowest BCUT2D eigenvalue weighted by atomic mass is 10.0. The number of rotatable bonds is 5. The molecule has 1 heterocycles. The summed E-state index contributed by atoms with van der Waals surface area (Å²) < 4.78 is 0. The number of nitrogens with zero attached hydrogens (tertiary/aromatic N) is 1. The number of hydrogen-bond acceptors (Lipinski definition) is 4. The van der Waals surface area contributed by atoms with Crippen molar-refractivity contribution in [3.05, 3.63) is 0 Å². The number of amides is 2. The highest BCUT2D eigenvalue weighted by atomic mass is 16.3. The second-order valence-electron chi connectivity index (χ2n) is 5.41. The summed E-state index contributed by atoms with van der Waals surface area (Å²) in [6.07, 6.45) is 0.191. The summed E-state index contributed by atoms with van der Waals surface area (Å²) in [6, 6.07) is 0.0809. The van der Waals surface area contributed by atoms with Crippen LogP contribution in [0.15, 0.2) is 0 Å². The van der Waals surface area contributed by atoms with Crippen LogP contribution >= 0.6 is 0 Å². The smallest absolute Gasteiger partial charge is 0.226 e. The Kier molecular flexibility index (Phi) is 4.70. The van der Waals surface area contributed by atoms with Crippen molar-refractivity contribution in [2.24, 2.45) is 5.92 Å². The SMILES string of the molecule is CC(C)N1CC(C(=O)NC(C)(CO)CO)CC1=O. The van der Waals surface area contributed by atoms with E-state index in [1.807, 2.05) is 13.8 Å². The van der Waals surface area contributed by atoms with E-state index in [1.165, 1.54) is 0 Å². The van der Waals surface area contributed by atoms with Crippen LogP contribution in [0.4, 0.5) is 0 Å². The van der Waals surface area contributed by atoms with E-state index < -0.39 is 11.5 Å². The van der Waals surface area contributed by atoms with Crippen molar-refractivity contribution in [2.45, 2.75) is 38.8 Å². The third kappa shape index (κ3) is 3.20. The molecule has 0 saturated carbocycles. The van der Waals surface area contributed by atoms with Crippen molar-refractivity contribution in [1.82, 2.24) is 10.2 Å². The monoisotopic (exact) mass is 258 g/mol. The molecule has 6 nitrogen and oxygen atoms in total. The Morgan fingerprint density at radius 3 is 2.44 bits per heavy atom. The molecule has 0 aromatic carbocycles. The predicted molar refractivity (Wildman–Crippen MR) is 65.7 cm³/mol. The van der Waals surface area contributed by atoms with Gasteiger partial charge in [-0.1, -0.05) is 0 Å². The molecule has 0 aromatic rings. The summed E-state index contributed by atoms with van der Waals surface area (Å²) in [6.45, 7) is 5.08. The Morgan fingerprint density at radius 2 is 2.06 bits per heavy atom. The van der Waals surface area contributed by atoms with E-state index in [0.29, 0.717) is 6.54 Å². The van der Waals surface area contributed by atoms with Gasteiger partial charge in [-0.3, -0.25) is 9.59 Å². The standard InChI is InChI=1S/C12H22N2O4/c1-8(2)14-5-9(4-10(14)17)11(18)13-12(3,6-15)7-16/h8-9,15-16H,4-7H2,1-3H3,(H,13,18). The van der Waals surface area contributed by atoms with E-state index in [4.69, 9.17) is 10.2 Å². The van der Waals surface area contributed by atoms with Crippen LogP contribution in [0.5, 0.6) is 0 Å². The number of aliphatic hydroxyl groups excluding tert-OH is 2. The van der Waals surface area contributed by atoms with Crippen LogP contribution in [0.1, 0.15) is 27.2 Å². The maximum absolute atomic E-state index is 12.0. The lowest BCUT2D eigenvalue weighted by Crippen LogP contribution is -2.53. The Bertz CT molecular complexity index is 326. The fourth-order valence-corrected chi connectivity index (χ4v) is 1.93. The summed E-state index contributed by atoms with van der Waals surface area (Å²) >= 11 is 0. The van der Waals surface area contributed by atoms with E-state index in [2.05, 4.69) is 5.32 Å². The molecule has 104 valence electrons. The maximum Gasteiger partial charge on any atom is 0.226 e. The van der Waals surface area contributed by atoms with Crippen molar-refractivity contribution in [3.8, 4) is 0 Å². The van der Waals surface area contributed by atoms with E-state index in [0.717, 1.165) is 0 Å². The zero-order valence-corrected chi connectivity index (χ0v) is 11.1. The van der Waals surface area contributed by atoms with Gasteiger partial charge in [0.25, 0.3) is 0 Å². The fourth-order valence-electron chi connectivity index (χ4n) is 1.93. The van der Waals surface area contributed by atoms with E-state index in [-0.39, 0.29) is 37.5 Å². The molecule has 3 N–H and O–H groups in total. The zero-order valence-electron chi connectivity index (χ0n) is 11.1. The minimum absolute atomic E-state index is 0.0279. The van der Waals surface area contributed by atoms with Gasteiger partial charge in [-0.2, -0.15) is 0 Å². The van der Waals surface area contributed by atoms with Crippen LogP contribution in [0.3, 0.4) is 0 Å². The summed E-state index contributed by atoms with van der Waals surface area (Å²) in [5.74, 6) is -0.728. The molecule has 1 atom stereocenters. The molecule has 1 rings (SSSR count). The molecule has 1 unspecified atom stereocenters. The Hall–Kier alpha value is -1.14. The van der Waals surface area contributed by atoms with Crippen molar-refractivity contribution >= 4 is 11.8 Å². The van der Waals surface area contributed by atoms with Crippen molar-refractivity contribution < 1.29 is 19.8 Å². The van der Waals surface area contributed by atoms with Gasteiger partial charge >= 0.3 is 0 Å². The molecule has 1 saturated heterocycles. The summed E-state index contributed by atoms with van der Waals surface area (Å²) in [4.78, 5) is 25.3. The highest BCUT2D eigenvalue weighted by Gasteiger charge is 2.37. The number of carbonyl (C=O) groups excluding carboxylic acids is 2. The second-order valence-corrected chi connectivity index (χ2v) is 5.41. The third-order valence-corrected chi connectivity index (χ3v) is 3.28. The van der Waals surface area contributed by atoms with Gasteiger partial charge in [-0.15, -0.1) is 0 Å². The molecule has 2 amide bonds. The van der Waals surface area contributed by atoms with Gasteiger partial charge in [0.1, 0.15) is 0 Å². The third-order valence-electron chi connectivity index (χ3n) is 3.28. The number of likely N-dealkylation sites (tertiary alicyclic amines) is 1. The van der Waals surface area contributed by atoms with Crippen LogP contribution in [0.2, 0.25) is 0 Å². The van der Waals surface area contributed by atoms with E-state index in [9.17, 15) is 9.59 Å². The highest BCUT2D eigenvalue weighted by Crippen LogP contribution is 2.21. The van der Waals surface area contributed by atoms with Crippen LogP contribution in [-0.2, 0) is 9.59 Å². The Labute approximate surface area is 107 Å². The molecule has 0 bridgehead atoms. The Morgan fingerprint density at radius 1 is 1.50 bits per heavy atom. The number of hydrogen-bond donors (Lipinski definition) is 3. The minimum Gasteiger partial charge on any atom is -0.394 e. The van der Waals surface area contributed by atoms with Gasteiger partial charge in [0.05, 0.1) is 24.7 Å². The van der Waals surface area contributed by atoms with Gasteiger partial charge in [0.2, 0.25) is 11.8 Å². The predicted octanol–water partition coefficient (Wildman–Crippen LogP) is -0.897. The van der Waals surface area contributed by atoms with Crippen molar-refractivity contribution in [1.29, 1.82) is 0 Å². The molecule has 1 aliphatic rings. The number of carbonyl (C=O) groups is 2. The summed E-state index contributed by atoms with van der Waals surface area (Å²) in [5.41, 5.74) is -1.04. The molecule has 6 heteroatoms. The normalized spacial score (nSPS) is 20.7. The molecular weight excluding hydrogens is 236 g/mol. The van der Waals surface area contributed by atoms with Crippen LogP contribution < -0.4 is 5.32 Å². The molecular formula is C12H22N2O4. The lowest BCUT2D eigenvalue weighted by molar-refractivity contribution is -0.130. The number of aliphatic hydroxyl groups is 2. The lowest BCUT2D eigenvalue weighted by Gasteiger charge is -2.28. The number of nitrogens with one attached hydrogen (secondary N) is 1.